The Labute approximate surface area is 126 Å². The molecule has 1 aromatic carbocycles. The molecule has 0 saturated carbocycles. The van der Waals surface area contributed by atoms with E-state index in [0.717, 1.165) is 16.9 Å². The van der Waals surface area contributed by atoms with Crippen LogP contribution in [-0.2, 0) is 14.3 Å². The highest BCUT2D eigenvalue weighted by atomic mass is 16.5. The molecule has 0 spiro atoms. The van der Waals surface area contributed by atoms with Crippen LogP contribution in [-0.4, -0.2) is 25.0 Å². The number of hydrogen-bond donors (Lipinski definition) is 0. The minimum absolute atomic E-state index is 0.0113. The molecule has 0 N–H and O–H groups in total. The average molecular weight is 292 g/mol. The molecular formula is C17H24O4. The van der Waals surface area contributed by atoms with E-state index < -0.39 is 0 Å². The Bertz CT molecular complexity index is 492. The van der Waals surface area contributed by atoms with Gasteiger partial charge in [0.2, 0.25) is 0 Å². The van der Waals surface area contributed by atoms with E-state index in [2.05, 4.69) is 13.8 Å². The van der Waals surface area contributed by atoms with Crippen molar-refractivity contribution in [2.24, 2.45) is 0 Å². The molecule has 0 bridgehead atoms. The van der Waals surface area contributed by atoms with E-state index in [1.54, 1.807) is 6.92 Å². The second kappa shape index (κ2) is 8.45. The highest BCUT2D eigenvalue weighted by molar-refractivity contribution is 5.84. The van der Waals surface area contributed by atoms with Gasteiger partial charge in [-0.1, -0.05) is 26.0 Å². The van der Waals surface area contributed by atoms with E-state index >= 15 is 0 Å². The zero-order valence-corrected chi connectivity index (χ0v) is 13.3. The van der Waals surface area contributed by atoms with E-state index in [1.165, 1.54) is 0 Å². The number of ketones is 1. The number of rotatable bonds is 8. The van der Waals surface area contributed by atoms with Gasteiger partial charge in [0.1, 0.15) is 12.4 Å². The first-order valence-corrected chi connectivity index (χ1v) is 7.34. The van der Waals surface area contributed by atoms with Crippen molar-refractivity contribution in [1.29, 1.82) is 0 Å². The third-order valence-corrected chi connectivity index (χ3v) is 3.09. The molecule has 0 aromatic heterocycles. The molecule has 0 unspecified atom stereocenters. The lowest BCUT2D eigenvalue weighted by atomic mass is 10.0. The van der Waals surface area contributed by atoms with Gasteiger partial charge >= 0.3 is 5.97 Å². The Kier molecular flexibility index (Phi) is 6.92. The lowest BCUT2D eigenvalue weighted by Gasteiger charge is -2.14. The van der Waals surface area contributed by atoms with Gasteiger partial charge in [-0.15, -0.1) is 0 Å². The van der Waals surface area contributed by atoms with Crippen molar-refractivity contribution < 1.29 is 19.1 Å². The first-order chi connectivity index (χ1) is 9.93. The van der Waals surface area contributed by atoms with Crippen LogP contribution in [0.1, 0.15) is 50.7 Å². The Hall–Kier alpha value is -1.84. The van der Waals surface area contributed by atoms with Gasteiger partial charge in [0.15, 0.2) is 5.78 Å². The van der Waals surface area contributed by atoms with Crippen LogP contribution in [0.4, 0.5) is 0 Å². The number of esters is 1. The fourth-order valence-electron chi connectivity index (χ4n) is 1.95. The van der Waals surface area contributed by atoms with Gasteiger partial charge < -0.3 is 9.47 Å². The zero-order chi connectivity index (χ0) is 15.8. The lowest BCUT2D eigenvalue weighted by molar-refractivity contribution is -0.144. The summed E-state index contributed by atoms with van der Waals surface area (Å²) in [6, 6.07) is 6.00. The summed E-state index contributed by atoms with van der Waals surface area (Å²) >= 11 is 0. The average Bonchev–Trinajstić information content (AvgIpc) is 2.43. The maximum Gasteiger partial charge on any atom is 0.306 e. The summed E-state index contributed by atoms with van der Waals surface area (Å²) in [6.45, 7) is 8.22. The van der Waals surface area contributed by atoms with Gasteiger partial charge in [0.05, 0.1) is 13.0 Å². The van der Waals surface area contributed by atoms with E-state index in [-0.39, 0.29) is 31.2 Å². The van der Waals surface area contributed by atoms with Crippen LogP contribution in [0, 0.1) is 6.92 Å². The monoisotopic (exact) mass is 292 g/mol. The van der Waals surface area contributed by atoms with Gasteiger partial charge in [-0.25, -0.2) is 0 Å². The summed E-state index contributed by atoms with van der Waals surface area (Å²) < 4.78 is 10.4. The second-order valence-corrected chi connectivity index (χ2v) is 5.33. The smallest absolute Gasteiger partial charge is 0.306 e. The molecule has 4 heteroatoms. The molecular weight excluding hydrogens is 268 g/mol. The first kappa shape index (κ1) is 17.2. The van der Waals surface area contributed by atoms with Crippen molar-refractivity contribution in [3.05, 3.63) is 29.3 Å². The molecule has 0 atom stereocenters. The molecule has 21 heavy (non-hydrogen) atoms. The number of ether oxygens (including phenoxy) is 2. The SMILES string of the molecule is CCOC(=O)CCC(=O)COc1cc(C)ccc1C(C)C. The molecule has 0 fully saturated rings. The Morgan fingerprint density at radius 2 is 1.90 bits per heavy atom. The topological polar surface area (TPSA) is 52.6 Å². The molecule has 0 saturated heterocycles. The number of aryl methyl sites for hydroxylation is 1. The molecule has 0 aliphatic rings. The third-order valence-electron chi connectivity index (χ3n) is 3.09. The Morgan fingerprint density at radius 3 is 2.52 bits per heavy atom. The molecule has 0 aliphatic heterocycles. The van der Waals surface area contributed by atoms with Crippen molar-refractivity contribution in [3.8, 4) is 5.75 Å². The van der Waals surface area contributed by atoms with E-state index in [4.69, 9.17) is 9.47 Å². The summed E-state index contributed by atoms with van der Waals surface area (Å²) in [4.78, 5) is 23.0. The van der Waals surface area contributed by atoms with Crippen molar-refractivity contribution in [2.75, 3.05) is 13.2 Å². The molecule has 116 valence electrons. The number of benzene rings is 1. The number of Topliss-reactive ketones (excluding diaryl/α,β-unsaturated/α-hetero) is 1. The van der Waals surface area contributed by atoms with Crippen LogP contribution in [0.25, 0.3) is 0 Å². The lowest BCUT2D eigenvalue weighted by Crippen LogP contribution is -2.15. The highest BCUT2D eigenvalue weighted by Crippen LogP contribution is 2.27. The molecule has 0 heterocycles. The van der Waals surface area contributed by atoms with E-state index in [1.807, 2.05) is 25.1 Å². The molecule has 0 radical (unpaired) electrons. The summed E-state index contributed by atoms with van der Waals surface area (Å²) in [6.07, 6.45) is 0.266. The Morgan fingerprint density at radius 1 is 1.19 bits per heavy atom. The van der Waals surface area contributed by atoms with Crippen molar-refractivity contribution in [2.45, 2.75) is 46.5 Å². The maximum atomic E-state index is 11.8. The molecule has 0 aliphatic carbocycles. The number of carbonyl (C=O) groups excluding carboxylic acids is 2. The molecule has 0 amide bonds. The van der Waals surface area contributed by atoms with Crippen molar-refractivity contribution in [1.82, 2.24) is 0 Å². The van der Waals surface area contributed by atoms with E-state index in [0.29, 0.717) is 12.5 Å². The number of carbonyl (C=O) groups is 2. The summed E-state index contributed by atoms with van der Waals surface area (Å²) in [5, 5.41) is 0. The number of hydrogen-bond acceptors (Lipinski definition) is 4. The molecule has 1 aromatic rings. The van der Waals surface area contributed by atoms with Crippen LogP contribution in [0.3, 0.4) is 0 Å². The van der Waals surface area contributed by atoms with Gasteiger partial charge in [0, 0.05) is 6.42 Å². The van der Waals surface area contributed by atoms with Gasteiger partial charge in [-0.3, -0.25) is 9.59 Å². The first-order valence-electron chi connectivity index (χ1n) is 7.34. The summed E-state index contributed by atoms with van der Waals surface area (Å²) in [5.74, 6) is 0.633. The predicted octanol–water partition coefficient (Wildman–Crippen LogP) is 3.41. The Balaban J connectivity index is 2.53. The second-order valence-electron chi connectivity index (χ2n) is 5.33. The summed E-state index contributed by atoms with van der Waals surface area (Å²) in [7, 11) is 0. The quantitative estimate of drug-likeness (QED) is 0.689. The minimum Gasteiger partial charge on any atom is -0.486 e. The largest absolute Gasteiger partial charge is 0.486 e. The molecule has 1 rings (SSSR count). The van der Waals surface area contributed by atoms with Gasteiger partial charge in [-0.05, 0) is 37.0 Å². The van der Waals surface area contributed by atoms with Crippen LogP contribution >= 0.6 is 0 Å². The highest BCUT2D eigenvalue weighted by Gasteiger charge is 2.12. The van der Waals surface area contributed by atoms with Crippen LogP contribution < -0.4 is 4.74 Å². The maximum absolute atomic E-state index is 11.8. The third kappa shape index (κ3) is 5.98. The standard InChI is InChI=1S/C17H24O4/c1-5-20-17(19)9-7-14(18)11-21-16-10-13(4)6-8-15(16)12(2)3/h6,8,10,12H,5,7,9,11H2,1-4H3. The van der Waals surface area contributed by atoms with E-state index in [9.17, 15) is 9.59 Å². The normalized spacial score (nSPS) is 10.5. The van der Waals surface area contributed by atoms with Crippen LogP contribution in [0.15, 0.2) is 18.2 Å². The van der Waals surface area contributed by atoms with Crippen LogP contribution in [0.5, 0.6) is 5.75 Å². The van der Waals surface area contributed by atoms with Gasteiger partial charge in [0.25, 0.3) is 0 Å². The minimum atomic E-state index is -0.343. The van der Waals surface area contributed by atoms with Gasteiger partial charge in [-0.2, -0.15) is 0 Å². The molecule has 4 nitrogen and oxygen atoms in total. The van der Waals surface area contributed by atoms with Crippen molar-refractivity contribution in [3.63, 3.8) is 0 Å². The zero-order valence-electron chi connectivity index (χ0n) is 13.3. The predicted molar refractivity (Wildman–Crippen MR) is 81.6 cm³/mol. The fraction of sp³-hybridized carbons (Fsp3) is 0.529. The summed E-state index contributed by atoms with van der Waals surface area (Å²) in [5.41, 5.74) is 2.17. The van der Waals surface area contributed by atoms with Crippen LogP contribution in [0.2, 0.25) is 0 Å². The fourth-order valence-corrected chi connectivity index (χ4v) is 1.95. The van der Waals surface area contributed by atoms with Crippen molar-refractivity contribution >= 4 is 11.8 Å².